The van der Waals surface area contributed by atoms with Crippen LogP contribution in [0.4, 0.5) is 0 Å². The summed E-state index contributed by atoms with van der Waals surface area (Å²) < 4.78 is 7.78. The van der Waals surface area contributed by atoms with Crippen molar-refractivity contribution in [1.29, 1.82) is 0 Å². The summed E-state index contributed by atoms with van der Waals surface area (Å²) in [6.45, 7) is 2.70. The number of aromatic nitrogens is 1. The van der Waals surface area contributed by atoms with Gasteiger partial charge in [-0.1, -0.05) is 18.2 Å². The minimum atomic E-state index is 0.104. The summed E-state index contributed by atoms with van der Waals surface area (Å²) in [6, 6.07) is 12.3. The maximum Gasteiger partial charge on any atom is 0.114 e. The molecule has 3 aromatic rings. The number of hydrogen-bond donors (Lipinski definition) is 1. The molecule has 3 nitrogen and oxygen atoms in total. The van der Waals surface area contributed by atoms with Gasteiger partial charge >= 0.3 is 0 Å². The van der Waals surface area contributed by atoms with Crippen LogP contribution in [0.5, 0.6) is 0 Å². The number of aryl methyl sites for hydroxylation is 2. The van der Waals surface area contributed by atoms with E-state index < -0.39 is 0 Å². The zero-order valence-corrected chi connectivity index (χ0v) is 11.3. The van der Waals surface area contributed by atoms with Crippen LogP contribution < -0.4 is 5.73 Å². The second kappa shape index (κ2) is 4.59. The van der Waals surface area contributed by atoms with Gasteiger partial charge in [-0.3, -0.25) is 0 Å². The molecule has 0 aliphatic rings. The SMILES string of the molecule is Cc1c(C(CN)c2ccco2)n(C)c2ccccc12. The lowest BCUT2D eigenvalue weighted by atomic mass is 9.98. The molecule has 3 heteroatoms. The fourth-order valence-corrected chi connectivity index (χ4v) is 2.95. The summed E-state index contributed by atoms with van der Waals surface area (Å²) in [7, 11) is 2.09. The first-order valence-electron chi connectivity index (χ1n) is 6.51. The molecule has 0 bridgehead atoms. The predicted octanol–water partition coefficient (Wildman–Crippen LogP) is 3.17. The summed E-state index contributed by atoms with van der Waals surface area (Å²) in [4.78, 5) is 0. The van der Waals surface area contributed by atoms with Crippen molar-refractivity contribution in [3.63, 3.8) is 0 Å². The van der Waals surface area contributed by atoms with Crippen LogP contribution >= 0.6 is 0 Å². The van der Waals surface area contributed by atoms with Crippen LogP contribution in [-0.2, 0) is 7.05 Å². The van der Waals surface area contributed by atoms with Crippen LogP contribution in [0.1, 0.15) is 22.9 Å². The Kier molecular flexibility index (Phi) is 2.91. The number of nitrogens with zero attached hydrogens (tertiary/aromatic N) is 1. The number of fused-ring (bicyclic) bond motifs is 1. The van der Waals surface area contributed by atoms with Crippen molar-refractivity contribution < 1.29 is 4.42 Å². The van der Waals surface area contributed by atoms with Gasteiger partial charge in [-0.05, 0) is 30.7 Å². The summed E-state index contributed by atoms with van der Waals surface area (Å²) in [5.41, 5.74) is 9.74. The van der Waals surface area contributed by atoms with Gasteiger partial charge in [0.1, 0.15) is 5.76 Å². The highest BCUT2D eigenvalue weighted by atomic mass is 16.3. The van der Waals surface area contributed by atoms with E-state index in [-0.39, 0.29) is 5.92 Å². The van der Waals surface area contributed by atoms with Gasteiger partial charge in [0.25, 0.3) is 0 Å². The molecule has 1 unspecified atom stereocenters. The van der Waals surface area contributed by atoms with Crippen LogP contribution in [0.25, 0.3) is 10.9 Å². The van der Waals surface area contributed by atoms with Crippen molar-refractivity contribution in [2.45, 2.75) is 12.8 Å². The lowest BCUT2D eigenvalue weighted by Gasteiger charge is -2.15. The van der Waals surface area contributed by atoms with Crippen molar-refractivity contribution >= 4 is 10.9 Å². The van der Waals surface area contributed by atoms with E-state index in [1.807, 2.05) is 12.1 Å². The van der Waals surface area contributed by atoms with E-state index in [1.165, 1.54) is 22.2 Å². The zero-order valence-electron chi connectivity index (χ0n) is 11.3. The minimum Gasteiger partial charge on any atom is -0.469 e. The maximum absolute atomic E-state index is 5.98. The smallest absolute Gasteiger partial charge is 0.114 e. The molecule has 98 valence electrons. The van der Waals surface area contributed by atoms with Crippen molar-refractivity contribution in [1.82, 2.24) is 4.57 Å². The monoisotopic (exact) mass is 254 g/mol. The second-order valence-corrected chi connectivity index (χ2v) is 4.89. The van der Waals surface area contributed by atoms with Gasteiger partial charge in [0.05, 0.1) is 12.2 Å². The highest BCUT2D eigenvalue weighted by molar-refractivity contribution is 5.85. The summed E-state index contributed by atoms with van der Waals surface area (Å²) in [6.07, 6.45) is 1.70. The van der Waals surface area contributed by atoms with E-state index in [1.54, 1.807) is 6.26 Å². The fourth-order valence-electron chi connectivity index (χ4n) is 2.95. The normalized spacial score (nSPS) is 13.0. The van der Waals surface area contributed by atoms with Gasteiger partial charge in [-0.25, -0.2) is 0 Å². The van der Waals surface area contributed by atoms with Crippen LogP contribution in [0.3, 0.4) is 0 Å². The number of nitrogens with two attached hydrogens (primary N) is 1. The molecule has 2 aromatic heterocycles. The number of benzene rings is 1. The molecule has 0 spiro atoms. The molecule has 0 saturated carbocycles. The summed E-state index contributed by atoms with van der Waals surface area (Å²) >= 11 is 0. The molecule has 0 saturated heterocycles. The lowest BCUT2D eigenvalue weighted by molar-refractivity contribution is 0.480. The van der Waals surface area contributed by atoms with E-state index in [0.717, 1.165) is 5.76 Å². The van der Waals surface area contributed by atoms with E-state index in [4.69, 9.17) is 10.2 Å². The van der Waals surface area contributed by atoms with E-state index in [2.05, 4.69) is 42.8 Å². The third-order valence-corrected chi connectivity index (χ3v) is 3.87. The summed E-state index contributed by atoms with van der Waals surface area (Å²) in [5.74, 6) is 1.03. The molecule has 0 radical (unpaired) electrons. The average Bonchev–Trinajstić information content (AvgIpc) is 3.04. The molecule has 3 rings (SSSR count). The Morgan fingerprint density at radius 1 is 1.21 bits per heavy atom. The van der Waals surface area contributed by atoms with Gasteiger partial charge in [0, 0.05) is 30.2 Å². The zero-order chi connectivity index (χ0) is 13.4. The molecular formula is C16H18N2O. The lowest BCUT2D eigenvalue weighted by Crippen LogP contribution is -2.17. The molecule has 2 N–H and O–H groups in total. The minimum absolute atomic E-state index is 0.104. The molecule has 1 atom stereocenters. The Bertz CT molecular complexity index is 656. The molecule has 0 aliphatic carbocycles. The first kappa shape index (κ1) is 12.1. The molecule has 2 heterocycles. The van der Waals surface area contributed by atoms with E-state index in [0.29, 0.717) is 6.54 Å². The Hall–Kier alpha value is -2.00. The first-order chi connectivity index (χ1) is 9.24. The van der Waals surface area contributed by atoms with Crippen molar-refractivity contribution in [2.75, 3.05) is 6.54 Å². The molecule has 0 aliphatic heterocycles. The van der Waals surface area contributed by atoms with Gasteiger partial charge in [0.2, 0.25) is 0 Å². The van der Waals surface area contributed by atoms with Crippen LogP contribution in [-0.4, -0.2) is 11.1 Å². The predicted molar refractivity (Wildman–Crippen MR) is 77.3 cm³/mol. The number of para-hydroxylation sites is 1. The van der Waals surface area contributed by atoms with Crippen molar-refractivity contribution in [3.8, 4) is 0 Å². The third kappa shape index (κ3) is 1.78. The number of furan rings is 1. The van der Waals surface area contributed by atoms with Gasteiger partial charge in [-0.2, -0.15) is 0 Å². The van der Waals surface area contributed by atoms with Gasteiger partial charge < -0.3 is 14.7 Å². The fraction of sp³-hybridized carbons (Fsp3) is 0.250. The largest absolute Gasteiger partial charge is 0.469 e. The van der Waals surface area contributed by atoms with Crippen molar-refractivity contribution in [3.05, 3.63) is 59.7 Å². The van der Waals surface area contributed by atoms with Crippen LogP contribution in [0.15, 0.2) is 47.1 Å². The first-order valence-corrected chi connectivity index (χ1v) is 6.51. The number of rotatable bonds is 3. The molecule has 0 amide bonds. The van der Waals surface area contributed by atoms with Gasteiger partial charge in [0.15, 0.2) is 0 Å². The highest BCUT2D eigenvalue weighted by Crippen LogP contribution is 2.33. The molecule has 1 aromatic carbocycles. The Balaban J connectivity index is 2.24. The molecule has 0 fully saturated rings. The Labute approximate surface area is 112 Å². The highest BCUT2D eigenvalue weighted by Gasteiger charge is 2.22. The maximum atomic E-state index is 5.98. The average molecular weight is 254 g/mol. The third-order valence-electron chi connectivity index (χ3n) is 3.87. The quantitative estimate of drug-likeness (QED) is 0.780. The standard InChI is InChI=1S/C16H18N2O/c1-11-12-6-3-4-7-14(12)18(2)16(11)13(10-17)15-8-5-9-19-15/h3-9,13H,10,17H2,1-2H3. The van der Waals surface area contributed by atoms with Crippen molar-refractivity contribution in [2.24, 2.45) is 12.8 Å². The molecule has 19 heavy (non-hydrogen) atoms. The molecular weight excluding hydrogens is 236 g/mol. The van der Waals surface area contributed by atoms with E-state index in [9.17, 15) is 0 Å². The van der Waals surface area contributed by atoms with E-state index >= 15 is 0 Å². The summed E-state index contributed by atoms with van der Waals surface area (Å²) in [5, 5.41) is 1.28. The van der Waals surface area contributed by atoms with Crippen LogP contribution in [0, 0.1) is 6.92 Å². The number of hydrogen-bond acceptors (Lipinski definition) is 2. The van der Waals surface area contributed by atoms with Crippen LogP contribution in [0.2, 0.25) is 0 Å². The Morgan fingerprint density at radius 3 is 2.63 bits per heavy atom. The van der Waals surface area contributed by atoms with Gasteiger partial charge in [-0.15, -0.1) is 0 Å². The second-order valence-electron chi connectivity index (χ2n) is 4.89. The topological polar surface area (TPSA) is 44.1 Å². The Morgan fingerprint density at radius 2 is 2.00 bits per heavy atom.